The van der Waals surface area contributed by atoms with Crippen molar-refractivity contribution in [1.29, 1.82) is 0 Å². The van der Waals surface area contributed by atoms with Gasteiger partial charge in [0.1, 0.15) is 17.2 Å². The largest absolute Gasteiger partial charge is 0.301 e. The van der Waals surface area contributed by atoms with Crippen molar-refractivity contribution in [2.45, 2.75) is 46.3 Å². The molecule has 0 aliphatic rings. The Morgan fingerprint density at radius 3 is 2.89 bits per heavy atom. The molecule has 0 saturated carbocycles. The first kappa shape index (κ1) is 13.2. The van der Waals surface area contributed by atoms with E-state index in [9.17, 15) is 0 Å². The SMILES string of the molecule is CCc1cnc(C(C)NCc2ncnn2CC)s1. The molecule has 0 radical (unpaired) electrons. The van der Waals surface area contributed by atoms with Gasteiger partial charge in [-0.1, -0.05) is 6.92 Å². The van der Waals surface area contributed by atoms with Crippen LogP contribution in [-0.2, 0) is 19.5 Å². The van der Waals surface area contributed by atoms with Crippen LogP contribution in [0.3, 0.4) is 0 Å². The Bertz CT molecular complexity index is 490. The zero-order valence-corrected chi connectivity index (χ0v) is 11.9. The lowest BCUT2D eigenvalue weighted by molar-refractivity contribution is 0.522. The second-order valence-electron chi connectivity index (χ2n) is 4.11. The van der Waals surface area contributed by atoms with Crippen molar-refractivity contribution in [1.82, 2.24) is 25.1 Å². The molecule has 0 aliphatic heterocycles. The van der Waals surface area contributed by atoms with Crippen LogP contribution in [0.25, 0.3) is 0 Å². The molecule has 1 unspecified atom stereocenters. The van der Waals surface area contributed by atoms with Gasteiger partial charge in [-0.05, 0) is 20.3 Å². The standard InChI is InChI=1S/C12H19N5S/c1-4-10-6-14-12(18-10)9(3)13-7-11-15-8-16-17(11)5-2/h6,8-9,13H,4-5,7H2,1-3H3. The zero-order chi connectivity index (χ0) is 13.0. The maximum atomic E-state index is 4.44. The summed E-state index contributed by atoms with van der Waals surface area (Å²) in [7, 11) is 0. The van der Waals surface area contributed by atoms with Crippen molar-refractivity contribution in [2.24, 2.45) is 0 Å². The molecule has 98 valence electrons. The lowest BCUT2D eigenvalue weighted by Gasteiger charge is -2.10. The maximum Gasteiger partial charge on any atom is 0.140 e. The van der Waals surface area contributed by atoms with Gasteiger partial charge in [0.2, 0.25) is 0 Å². The molecule has 2 heterocycles. The third kappa shape index (κ3) is 2.94. The zero-order valence-electron chi connectivity index (χ0n) is 11.1. The van der Waals surface area contributed by atoms with E-state index >= 15 is 0 Å². The third-order valence-electron chi connectivity index (χ3n) is 2.85. The Labute approximate surface area is 111 Å². The van der Waals surface area contributed by atoms with Gasteiger partial charge in [-0.15, -0.1) is 11.3 Å². The predicted molar refractivity (Wildman–Crippen MR) is 72.4 cm³/mol. The van der Waals surface area contributed by atoms with Gasteiger partial charge in [0.05, 0.1) is 12.6 Å². The molecule has 6 heteroatoms. The Kier molecular flexibility index (Phi) is 4.43. The number of nitrogens with one attached hydrogen (secondary N) is 1. The smallest absolute Gasteiger partial charge is 0.140 e. The summed E-state index contributed by atoms with van der Waals surface area (Å²) in [6, 6.07) is 0.248. The fourth-order valence-electron chi connectivity index (χ4n) is 1.71. The van der Waals surface area contributed by atoms with Crippen molar-refractivity contribution in [3.8, 4) is 0 Å². The lowest BCUT2D eigenvalue weighted by atomic mass is 10.3. The van der Waals surface area contributed by atoms with Crippen molar-refractivity contribution >= 4 is 11.3 Å². The van der Waals surface area contributed by atoms with E-state index in [0.29, 0.717) is 0 Å². The summed E-state index contributed by atoms with van der Waals surface area (Å²) >= 11 is 1.77. The predicted octanol–water partition coefficient (Wildman–Crippen LogP) is 2.17. The number of nitrogens with zero attached hydrogens (tertiary/aromatic N) is 4. The molecular formula is C12H19N5S. The molecule has 0 aromatic carbocycles. The van der Waals surface area contributed by atoms with E-state index in [-0.39, 0.29) is 6.04 Å². The molecule has 0 bridgehead atoms. The molecule has 2 aromatic rings. The second kappa shape index (κ2) is 6.06. The number of hydrogen-bond donors (Lipinski definition) is 1. The first-order valence-electron chi connectivity index (χ1n) is 6.29. The molecule has 1 atom stereocenters. The molecule has 0 spiro atoms. The second-order valence-corrected chi connectivity index (χ2v) is 5.26. The molecule has 2 rings (SSSR count). The normalized spacial score (nSPS) is 12.8. The van der Waals surface area contributed by atoms with Crippen LogP contribution in [-0.4, -0.2) is 19.7 Å². The molecule has 0 aliphatic carbocycles. The van der Waals surface area contributed by atoms with E-state index in [4.69, 9.17) is 0 Å². The minimum Gasteiger partial charge on any atom is -0.301 e. The minimum absolute atomic E-state index is 0.248. The molecule has 0 amide bonds. The summed E-state index contributed by atoms with van der Waals surface area (Å²) in [5, 5.41) is 8.73. The van der Waals surface area contributed by atoms with Crippen molar-refractivity contribution in [3.05, 3.63) is 28.2 Å². The van der Waals surface area contributed by atoms with Crippen molar-refractivity contribution in [2.75, 3.05) is 0 Å². The highest BCUT2D eigenvalue weighted by atomic mass is 32.1. The minimum atomic E-state index is 0.248. The molecule has 2 aromatic heterocycles. The average Bonchev–Trinajstić information content (AvgIpc) is 3.04. The van der Waals surface area contributed by atoms with Crippen LogP contribution in [0.15, 0.2) is 12.5 Å². The van der Waals surface area contributed by atoms with Gasteiger partial charge < -0.3 is 5.32 Å². The van der Waals surface area contributed by atoms with Gasteiger partial charge in [-0.25, -0.2) is 14.6 Å². The topological polar surface area (TPSA) is 55.6 Å². The summed E-state index contributed by atoms with van der Waals surface area (Å²) in [4.78, 5) is 10.0. The molecule has 0 saturated heterocycles. The van der Waals surface area contributed by atoms with Crippen LogP contribution in [0.4, 0.5) is 0 Å². The van der Waals surface area contributed by atoms with E-state index in [2.05, 4.69) is 41.2 Å². The van der Waals surface area contributed by atoms with E-state index in [1.807, 2.05) is 10.9 Å². The fraction of sp³-hybridized carbons (Fsp3) is 0.583. The van der Waals surface area contributed by atoms with E-state index in [0.717, 1.165) is 30.3 Å². The van der Waals surface area contributed by atoms with Gasteiger partial charge in [0.15, 0.2) is 0 Å². The van der Waals surface area contributed by atoms with Crippen LogP contribution < -0.4 is 5.32 Å². The van der Waals surface area contributed by atoms with Crippen LogP contribution in [0.5, 0.6) is 0 Å². The molecular weight excluding hydrogens is 246 g/mol. The number of aryl methyl sites for hydroxylation is 2. The average molecular weight is 265 g/mol. The van der Waals surface area contributed by atoms with E-state index in [1.54, 1.807) is 17.7 Å². The van der Waals surface area contributed by atoms with E-state index in [1.165, 1.54) is 4.88 Å². The van der Waals surface area contributed by atoms with Crippen LogP contribution in [0, 0.1) is 0 Å². The van der Waals surface area contributed by atoms with Gasteiger partial charge >= 0.3 is 0 Å². The third-order valence-corrected chi connectivity index (χ3v) is 4.18. The Hall–Kier alpha value is -1.27. The van der Waals surface area contributed by atoms with Gasteiger partial charge in [-0.2, -0.15) is 5.10 Å². The molecule has 18 heavy (non-hydrogen) atoms. The highest BCUT2D eigenvalue weighted by Gasteiger charge is 2.11. The lowest BCUT2D eigenvalue weighted by Crippen LogP contribution is -2.20. The first-order chi connectivity index (χ1) is 8.74. The van der Waals surface area contributed by atoms with Crippen molar-refractivity contribution in [3.63, 3.8) is 0 Å². The summed E-state index contributed by atoms with van der Waals surface area (Å²) in [5.41, 5.74) is 0. The summed E-state index contributed by atoms with van der Waals surface area (Å²) < 4.78 is 1.90. The highest BCUT2D eigenvalue weighted by Crippen LogP contribution is 2.20. The number of hydrogen-bond acceptors (Lipinski definition) is 5. The van der Waals surface area contributed by atoms with Crippen LogP contribution in [0.2, 0.25) is 0 Å². The number of rotatable bonds is 6. The Morgan fingerprint density at radius 1 is 1.39 bits per heavy atom. The van der Waals surface area contributed by atoms with E-state index < -0.39 is 0 Å². The van der Waals surface area contributed by atoms with Gasteiger partial charge in [0, 0.05) is 17.6 Å². The molecule has 0 fully saturated rings. The number of thiazole rings is 1. The molecule has 5 nitrogen and oxygen atoms in total. The molecule has 1 N–H and O–H groups in total. The van der Waals surface area contributed by atoms with Gasteiger partial charge in [0.25, 0.3) is 0 Å². The summed E-state index contributed by atoms with van der Waals surface area (Å²) in [5.74, 6) is 0.969. The Balaban J connectivity index is 1.93. The monoisotopic (exact) mass is 265 g/mol. The highest BCUT2D eigenvalue weighted by molar-refractivity contribution is 7.11. The summed E-state index contributed by atoms with van der Waals surface area (Å²) in [6.45, 7) is 7.92. The maximum absolute atomic E-state index is 4.44. The van der Waals surface area contributed by atoms with Gasteiger partial charge in [-0.3, -0.25) is 0 Å². The Morgan fingerprint density at radius 2 is 2.22 bits per heavy atom. The van der Waals surface area contributed by atoms with Crippen molar-refractivity contribution < 1.29 is 0 Å². The van der Waals surface area contributed by atoms with Crippen LogP contribution in [0.1, 0.15) is 42.5 Å². The first-order valence-corrected chi connectivity index (χ1v) is 7.10. The quantitative estimate of drug-likeness (QED) is 0.869. The van der Waals surface area contributed by atoms with Crippen LogP contribution >= 0.6 is 11.3 Å². The summed E-state index contributed by atoms with van der Waals surface area (Å²) in [6.07, 6.45) is 4.62. The number of aromatic nitrogens is 4. The fourth-order valence-corrected chi connectivity index (χ4v) is 2.59.